The number of carbonyl (C=O) groups is 1. The van der Waals surface area contributed by atoms with Crippen molar-refractivity contribution in [3.05, 3.63) is 65.7 Å². The average Bonchev–Trinajstić information content (AvgIpc) is 3.12. The van der Waals surface area contributed by atoms with Crippen molar-refractivity contribution in [2.75, 3.05) is 17.6 Å². The molecule has 2 aromatic carbocycles. The molecule has 0 saturated heterocycles. The Morgan fingerprint density at radius 3 is 2.78 bits per heavy atom. The van der Waals surface area contributed by atoms with Crippen LogP contribution in [0.2, 0.25) is 0 Å². The van der Waals surface area contributed by atoms with Crippen LogP contribution in [-0.4, -0.2) is 28.4 Å². The number of rotatable bonds is 9. The van der Waals surface area contributed by atoms with Crippen LogP contribution in [0.25, 0.3) is 0 Å². The third-order valence-electron chi connectivity index (χ3n) is 3.81. The van der Waals surface area contributed by atoms with Crippen molar-refractivity contribution in [2.45, 2.75) is 24.1 Å². The van der Waals surface area contributed by atoms with Crippen LogP contribution in [0.3, 0.4) is 0 Å². The summed E-state index contributed by atoms with van der Waals surface area (Å²) >= 11 is 2.86. The first kappa shape index (κ1) is 19.4. The summed E-state index contributed by atoms with van der Waals surface area (Å²) < 4.78 is 0.782. The van der Waals surface area contributed by atoms with Crippen molar-refractivity contribution in [3.63, 3.8) is 0 Å². The number of aromatic nitrogens is 2. The Hall–Kier alpha value is -2.38. The number of amides is 1. The normalized spacial score (nSPS) is 10.6. The van der Waals surface area contributed by atoms with E-state index in [9.17, 15) is 4.79 Å². The van der Waals surface area contributed by atoms with Gasteiger partial charge in [0.25, 0.3) is 0 Å². The lowest BCUT2D eigenvalue weighted by molar-refractivity contribution is -0.118. The lowest BCUT2D eigenvalue weighted by Gasteiger charge is -2.04. The maximum absolute atomic E-state index is 12.0. The predicted octanol–water partition coefficient (Wildman–Crippen LogP) is 4.43. The summed E-state index contributed by atoms with van der Waals surface area (Å²) in [6.45, 7) is 2.73. The maximum atomic E-state index is 12.0. The summed E-state index contributed by atoms with van der Waals surface area (Å²) in [6.07, 6.45) is 1.91. The Labute approximate surface area is 167 Å². The molecular weight excluding hydrogens is 376 g/mol. The van der Waals surface area contributed by atoms with Gasteiger partial charge in [0.15, 0.2) is 4.34 Å². The summed E-state index contributed by atoms with van der Waals surface area (Å²) in [6, 6.07) is 18.4. The van der Waals surface area contributed by atoms with Crippen molar-refractivity contribution in [2.24, 2.45) is 0 Å². The lowest BCUT2D eigenvalue weighted by Crippen LogP contribution is -2.26. The molecule has 0 aliphatic heterocycles. The molecule has 0 unspecified atom stereocenters. The molecule has 0 bridgehead atoms. The van der Waals surface area contributed by atoms with Crippen LogP contribution in [0.4, 0.5) is 10.8 Å². The standard InChI is InChI=1S/C20H22N4OS2/c1-15-7-5-11-17(13-15)22-19-23-24-20(27-19)26-14-18(25)21-12-6-10-16-8-3-2-4-9-16/h2-5,7-9,11,13H,6,10,12,14H2,1H3,(H,21,25)(H,22,23). The van der Waals surface area contributed by atoms with Crippen LogP contribution in [0.1, 0.15) is 17.5 Å². The molecule has 0 spiro atoms. The minimum Gasteiger partial charge on any atom is -0.355 e. The van der Waals surface area contributed by atoms with Gasteiger partial charge in [0.2, 0.25) is 11.0 Å². The number of nitrogens with one attached hydrogen (secondary N) is 2. The Bertz CT molecular complexity index is 867. The highest BCUT2D eigenvalue weighted by Gasteiger charge is 2.08. The van der Waals surface area contributed by atoms with E-state index in [2.05, 4.69) is 39.0 Å². The van der Waals surface area contributed by atoms with Gasteiger partial charge >= 0.3 is 0 Å². The molecule has 140 valence electrons. The topological polar surface area (TPSA) is 66.9 Å². The maximum Gasteiger partial charge on any atom is 0.230 e. The lowest BCUT2D eigenvalue weighted by atomic mass is 10.1. The van der Waals surface area contributed by atoms with Gasteiger partial charge in [-0.15, -0.1) is 10.2 Å². The molecule has 0 radical (unpaired) electrons. The highest BCUT2D eigenvalue weighted by atomic mass is 32.2. The van der Waals surface area contributed by atoms with Crippen molar-refractivity contribution >= 4 is 39.8 Å². The highest BCUT2D eigenvalue weighted by molar-refractivity contribution is 8.01. The first-order valence-electron chi connectivity index (χ1n) is 8.80. The van der Waals surface area contributed by atoms with Gasteiger partial charge in [-0.25, -0.2) is 0 Å². The molecule has 5 nitrogen and oxygen atoms in total. The average molecular weight is 399 g/mol. The Morgan fingerprint density at radius 2 is 1.96 bits per heavy atom. The van der Waals surface area contributed by atoms with Crippen molar-refractivity contribution in [1.82, 2.24) is 15.5 Å². The monoisotopic (exact) mass is 398 g/mol. The molecule has 1 heterocycles. The fourth-order valence-corrected chi connectivity index (χ4v) is 4.11. The predicted molar refractivity (Wildman–Crippen MR) is 113 cm³/mol. The van der Waals surface area contributed by atoms with Crippen LogP contribution in [0.5, 0.6) is 0 Å². The second-order valence-electron chi connectivity index (χ2n) is 6.10. The fourth-order valence-electron chi connectivity index (χ4n) is 2.51. The quantitative estimate of drug-likeness (QED) is 0.412. The van der Waals surface area contributed by atoms with Gasteiger partial charge in [0.05, 0.1) is 5.75 Å². The largest absolute Gasteiger partial charge is 0.355 e. The van der Waals surface area contributed by atoms with Crippen LogP contribution in [0.15, 0.2) is 58.9 Å². The van der Waals surface area contributed by atoms with E-state index in [1.165, 1.54) is 34.2 Å². The Morgan fingerprint density at radius 1 is 1.11 bits per heavy atom. The van der Waals surface area contributed by atoms with Gasteiger partial charge in [0.1, 0.15) is 0 Å². The Kier molecular flexibility index (Phi) is 7.24. The molecule has 3 aromatic rings. The van der Waals surface area contributed by atoms with Crippen molar-refractivity contribution in [1.29, 1.82) is 0 Å². The molecule has 0 aliphatic carbocycles. The summed E-state index contributed by atoms with van der Waals surface area (Å²) in [5, 5.41) is 15.2. The molecule has 0 saturated carbocycles. The number of hydrogen-bond donors (Lipinski definition) is 2. The number of aryl methyl sites for hydroxylation is 2. The minimum absolute atomic E-state index is 0.0245. The second-order valence-corrected chi connectivity index (χ2v) is 8.30. The zero-order valence-electron chi connectivity index (χ0n) is 15.1. The first-order chi connectivity index (χ1) is 13.2. The van der Waals surface area contributed by atoms with Crippen molar-refractivity contribution < 1.29 is 4.79 Å². The Balaban J connectivity index is 1.36. The summed E-state index contributed by atoms with van der Waals surface area (Å²) in [5.74, 6) is 0.376. The SMILES string of the molecule is Cc1cccc(Nc2nnc(SCC(=O)NCCCc3ccccc3)s2)c1. The van der Waals surface area contributed by atoms with Gasteiger partial charge in [-0.3, -0.25) is 4.79 Å². The van der Waals surface area contributed by atoms with E-state index in [-0.39, 0.29) is 5.91 Å². The number of benzene rings is 2. The van der Waals surface area contributed by atoms with Crippen molar-refractivity contribution in [3.8, 4) is 0 Å². The van der Waals surface area contributed by atoms with E-state index in [1.54, 1.807) is 0 Å². The second kappa shape index (κ2) is 10.1. The van der Waals surface area contributed by atoms with Crippen LogP contribution < -0.4 is 10.6 Å². The molecule has 0 atom stereocenters. The van der Waals surface area contributed by atoms with Gasteiger partial charge in [-0.05, 0) is 43.0 Å². The fraction of sp³-hybridized carbons (Fsp3) is 0.250. The van der Waals surface area contributed by atoms with Gasteiger partial charge in [0, 0.05) is 12.2 Å². The molecule has 0 fully saturated rings. The molecule has 1 amide bonds. The van der Waals surface area contributed by atoms with Gasteiger partial charge in [-0.2, -0.15) is 0 Å². The molecular formula is C20H22N4OS2. The number of hydrogen-bond acceptors (Lipinski definition) is 6. The van der Waals surface area contributed by atoms with Crippen LogP contribution in [-0.2, 0) is 11.2 Å². The first-order valence-corrected chi connectivity index (χ1v) is 10.6. The van der Waals surface area contributed by atoms with E-state index < -0.39 is 0 Å². The molecule has 27 heavy (non-hydrogen) atoms. The zero-order valence-corrected chi connectivity index (χ0v) is 16.8. The van der Waals surface area contributed by atoms with E-state index in [4.69, 9.17) is 0 Å². The summed E-state index contributed by atoms with van der Waals surface area (Å²) in [5.41, 5.74) is 3.46. The van der Waals surface area contributed by atoms with E-state index in [0.29, 0.717) is 12.3 Å². The summed E-state index contributed by atoms with van der Waals surface area (Å²) in [4.78, 5) is 12.0. The smallest absolute Gasteiger partial charge is 0.230 e. The van der Waals surface area contributed by atoms with Gasteiger partial charge < -0.3 is 10.6 Å². The molecule has 7 heteroatoms. The molecule has 1 aromatic heterocycles. The number of anilines is 2. The number of nitrogens with zero attached hydrogens (tertiary/aromatic N) is 2. The molecule has 3 rings (SSSR count). The van der Waals surface area contributed by atoms with Crippen LogP contribution >= 0.6 is 23.1 Å². The number of thioether (sulfide) groups is 1. The molecule has 0 aliphatic rings. The summed E-state index contributed by atoms with van der Waals surface area (Å²) in [7, 11) is 0. The zero-order chi connectivity index (χ0) is 18.9. The van der Waals surface area contributed by atoms with Gasteiger partial charge in [-0.1, -0.05) is 65.6 Å². The van der Waals surface area contributed by atoms with E-state index >= 15 is 0 Å². The third-order valence-corrected chi connectivity index (χ3v) is 5.78. The minimum atomic E-state index is 0.0245. The number of carbonyl (C=O) groups excluding carboxylic acids is 1. The highest BCUT2D eigenvalue weighted by Crippen LogP contribution is 2.27. The van der Waals surface area contributed by atoms with E-state index in [1.807, 2.05) is 43.3 Å². The third kappa shape index (κ3) is 6.69. The molecule has 2 N–H and O–H groups in total. The van der Waals surface area contributed by atoms with E-state index in [0.717, 1.165) is 28.0 Å². The van der Waals surface area contributed by atoms with Crippen LogP contribution in [0, 0.1) is 6.92 Å².